The highest BCUT2D eigenvalue weighted by molar-refractivity contribution is 7.80. The Morgan fingerprint density at radius 1 is 0.941 bits per heavy atom. The van der Waals surface area contributed by atoms with Gasteiger partial charge in [0.05, 0.1) is 5.54 Å². The molecule has 1 heterocycles. The molecule has 8 atom stereocenters. The van der Waals surface area contributed by atoms with Crippen LogP contribution in [0.1, 0.15) is 124 Å². The topological polar surface area (TPSA) is 24.1 Å². The van der Waals surface area contributed by atoms with Gasteiger partial charge in [-0.15, -0.1) is 11.6 Å². The van der Waals surface area contributed by atoms with Gasteiger partial charge in [0, 0.05) is 17.0 Å². The number of allylic oxidation sites excluding steroid dienone is 1. The van der Waals surface area contributed by atoms with Gasteiger partial charge in [-0.3, -0.25) is 0 Å². The highest BCUT2D eigenvalue weighted by Crippen LogP contribution is 2.68. The van der Waals surface area contributed by atoms with Crippen LogP contribution in [0.15, 0.2) is 11.8 Å². The van der Waals surface area contributed by atoms with Crippen molar-refractivity contribution in [2.45, 2.75) is 134 Å². The van der Waals surface area contributed by atoms with E-state index in [-0.39, 0.29) is 16.3 Å². The lowest BCUT2D eigenvalue weighted by molar-refractivity contribution is -0.0828. The molecule has 0 aromatic heterocycles. The maximum Gasteiger partial charge on any atom is 0.171 e. The smallest absolute Gasteiger partial charge is 0.171 e. The van der Waals surface area contributed by atoms with Crippen molar-refractivity contribution in [3.05, 3.63) is 11.8 Å². The van der Waals surface area contributed by atoms with Crippen LogP contribution in [0.5, 0.6) is 0 Å². The van der Waals surface area contributed by atoms with Crippen LogP contribution in [0.2, 0.25) is 0 Å². The van der Waals surface area contributed by atoms with E-state index in [2.05, 4.69) is 37.5 Å². The van der Waals surface area contributed by atoms with Gasteiger partial charge in [0.2, 0.25) is 0 Å². The molecule has 4 aliphatic carbocycles. The molecule has 3 saturated carbocycles. The van der Waals surface area contributed by atoms with Crippen LogP contribution >= 0.6 is 23.8 Å². The summed E-state index contributed by atoms with van der Waals surface area (Å²) in [5.74, 6) is 3.14. The van der Waals surface area contributed by atoms with Crippen molar-refractivity contribution >= 4 is 28.9 Å². The summed E-state index contributed by atoms with van der Waals surface area (Å²) in [5, 5.41) is 8.53. The summed E-state index contributed by atoms with van der Waals surface area (Å²) in [6.07, 6.45) is 24.6. The fourth-order valence-corrected chi connectivity index (χ4v) is 10.2. The Hall–Kier alpha value is -0.280. The van der Waals surface area contributed by atoms with Gasteiger partial charge in [0.1, 0.15) is 0 Å². The predicted octanol–water partition coefficient (Wildman–Crippen LogP) is 8.49. The molecule has 0 aromatic carbocycles. The molecule has 2 nitrogen and oxygen atoms in total. The van der Waals surface area contributed by atoms with Crippen molar-refractivity contribution in [1.82, 2.24) is 10.6 Å². The van der Waals surface area contributed by atoms with Crippen molar-refractivity contribution in [3.8, 4) is 0 Å². The van der Waals surface area contributed by atoms with Gasteiger partial charge < -0.3 is 10.6 Å². The molecule has 2 N–H and O–H groups in total. The Morgan fingerprint density at radius 3 is 2.44 bits per heavy atom. The average Bonchev–Trinajstić information content (AvgIpc) is 3.13. The van der Waals surface area contributed by atoms with Gasteiger partial charge in [-0.2, -0.15) is 0 Å². The number of halogens is 1. The van der Waals surface area contributed by atoms with E-state index in [1.807, 2.05) is 0 Å². The van der Waals surface area contributed by atoms with E-state index in [9.17, 15) is 0 Å². The zero-order valence-corrected chi connectivity index (χ0v) is 23.6. The lowest BCUT2D eigenvalue weighted by atomic mass is 9.43. The highest BCUT2D eigenvalue weighted by Gasteiger charge is 2.66. The van der Waals surface area contributed by atoms with E-state index in [0.29, 0.717) is 11.3 Å². The normalized spacial score (nSPS) is 44.9. The molecule has 5 rings (SSSR count). The quantitative estimate of drug-likeness (QED) is 0.187. The summed E-state index contributed by atoms with van der Waals surface area (Å²) in [5.41, 5.74) is 2.19. The number of nitrogens with one attached hydrogen (secondary N) is 2. The molecule has 0 radical (unpaired) electrons. The van der Waals surface area contributed by atoms with E-state index in [4.69, 9.17) is 23.8 Å². The van der Waals surface area contributed by atoms with E-state index in [0.717, 1.165) is 35.7 Å². The molecule has 4 heteroatoms. The molecule has 3 fully saturated rings. The van der Waals surface area contributed by atoms with Crippen molar-refractivity contribution in [2.24, 2.45) is 34.5 Å². The Kier molecular flexibility index (Phi) is 7.37. The molecule has 0 aromatic rings. The molecule has 192 valence electrons. The lowest BCUT2D eigenvalue weighted by Gasteiger charge is -2.66. The number of thiocarbonyl (C=S) groups is 1. The molecule has 2 bridgehead atoms. The minimum absolute atomic E-state index is 0.0423. The first kappa shape index (κ1) is 25.4. The third kappa shape index (κ3) is 4.17. The highest BCUT2D eigenvalue weighted by atomic mass is 35.5. The fraction of sp³-hybridized carbons (Fsp3) is 0.900. The summed E-state index contributed by atoms with van der Waals surface area (Å²) in [6.45, 7) is 7.57. The summed E-state index contributed by atoms with van der Waals surface area (Å²) >= 11 is 12.5. The molecule has 5 aliphatic rings. The number of rotatable bonds is 9. The Bertz CT molecular complexity index is 797. The Balaban J connectivity index is 1.28. The first-order valence-electron chi connectivity index (χ1n) is 14.8. The first-order chi connectivity index (χ1) is 16.3. The van der Waals surface area contributed by atoms with Crippen LogP contribution in [0, 0.1) is 34.5 Å². The first-order valence-corrected chi connectivity index (χ1v) is 15.6. The molecule has 1 spiro atoms. The van der Waals surface area contributed by atoms with E-state index >= 15 is 0 Å². The SMILES string of the molecule is CCCCCCCCCCC1CCC2C3C4=C[C@]5(CC(Cl)CCC5(C)C3CCC12C)NC(=S)N4. The molecule has 34 heavy (non-hydrogen) atoms. The summed E-state index contributed by atoms with van der Waals surface area (Å²) in [7, 11) is 0. The van der Waals surface area contributed by atoms with Gasteiger partial charge in [-0.05, 0) is 98.2 Å². The van der Waals surface area contributed by atoms with Crippen molar-refractivity contribution in [3.63, 3.8) is 0 Å². The zero-order valence-electron chi connectivity index (χ0n) is 22.1. The molecule has 1 aliphatic heterocycles. The van der Waals surface area contributed by atoms with E-state index in [1.165, 1.54) is 95.6 Å². The van der Waals surface area contributed by atoms with Crippen LogP contribution in [0.4, 0.5) is 0 Å². The monoisotopic (exact) mass is 504 g/mol. The molecular formula is C30H49ClN2S. The maximum atomic E-state index is 6.76. The third-order valence-electron chi connectivity index (χ3n) is 11.6. The minimum atomic E-state index is -0.0423. The number of fused-ring (bicyclic) bond motifs is 5. The van der Waals surface area contributed by atoms with Gasteiger partial charge in [-0.1, -0.05) is 72.1 Å². The van der Waals surface area contributed by atoms with Crippen molar-refractivity contribution in [2.75, 3.05) is 0 Å². The largest absolute Gasteiger partial charge is 0.353 e. The maximum absolute atomic E-state index is 6.76. The van der Waals surface area contributed by atoms with Crippen LogP contribution in [-0.2, 0) is 0 Å². The number of unbranched alkanes of at least 4 members (excludes halogenated alkanes) is 7. The minimum Gasteiger partial charge on any atom is -0.353 e. The molecule has 7 unspecified atom stereocenters. The second kappa shape index (κ2) is 9.88. The van der Waals surface area contributed by atoms with Gasteiger partial charge in [-0.25, -0.2) is 0 Å². The average molecular weight is 505 g/mol. The molecular weight excluding hydrogens is 456 g/mol. The Labute approximate surface area is 219 Å². The van der Waals surface area contributed by atoms with Crippen molar-refractivity contribution < 1.29 is 0 Å². The van der Waals surface area contributed by atoms with Crippen LogP contribution in [0.3, 0.4) is 0 Å². The summed E-state index contributed by atoms with van der Waals surface area (Å²) in [6, 6.07) is 0. The lowest BCUT2D eigenvalue weighted by Crippen LogP contribution is -2.72. The molecule has 0 amide bonds. The van der Waals surface area contributed by atoms with Crippen LogP contribution in [-0.4, -0.2) is 16.0 Å². The Morgan fingerprint density at radius 2 is 1.68 bits per heavy atom. The van der Waals surface area contributed by atoms with Gasteiger partial charge >= 0.3 is 0 Å². The third-order valence-corrected chi connectivity index (χ3v) is 12.2. The van der Waals surface area contributed by atoms with Crippen molar-refractivity contribution in [1.29, 1.82) is 0 Å². The second-order valence-electron chi connectivity index (χ2n) is 13.2. The van der Waals surface area contributed by atoms with Gasteiger partial charge in [0.15, 0.2) is 5.11 Å². The number of hydrogen-bond acceptors (Lipinski definition) is 1. The van der Waals surface area contributed by atoms with E-state index in [1.54, 1.807) is 0 Å². The predicted molar refractivity (Wildman–Crippen MR) is 149 cm³/mol. The summed E-state index contributed by atoms with van der Waals surface area (Å²) < 4.78 is 0. The fourth-order valence-electron chi connectivity index (χ4n) is 9.58. The van der Waals surface area contributed by atoms with Gasteiger partial charge in [0.25, 0.3) is 0 Å². The van der Waals surface area contributed by atoms with Crippen LogP contribution in [0.25, 0.3) is 0 Å². The number of hydrogen-bond donors (Lipinski definition) is 2. The van der Waals surface area contributed by atoms with E-state index < -0.39 is 0 Å². The second-order valence-corrected chi connectivity index (χ2v) is 14.3. The molecule has 0 saturated heterocycles. The summed E-state index contributed by atoms with van der Waals surface area (Å²) in [4.78, 5) is 0. The number of alkyl halides is 1. The standard InChI is InChI=1S/C30H49ClN2S/c1-4-5-6-7-8-9-10-11-12-21-13-14-23-26-24(16-17-28(21,23)2)29(3)18-15-22(31)19-30(29)20-25(26)32-27(34)33-30/h20-24,26H,4-19H2,1-3H3,(H2,32,33,34)/t21?,22?,23?,24?,26?,28?,29?,30-/m0/s1. The zero-order chi connectivity index (χ0) is 24.0. The van der Waals surface area contributed by atoms with Crippen LogP contribution < -0.4 is 10.6 Å².